The third-order valence-corrected chi connectivity index (χ3v) is 4.91. The zero-order valence-corrected chi connectivity index (χ0v) is 15.6. The van der Waals surface area contributed by atoms with Crippen LogP contribution in [0.25, 0.3) is 0 Å². The second kappa shape index (κ2) is 11.1. The highest BCUT2D eigenvalue weighted by Crippen LogP contribution is 2.24. The summed E-state index contributed by atoms with van der Waals surface area (Å²) in [5, 5.41) is 6.39. The summed E-state index contributed by atoms with van der Waals surface area (Å²) in [6, 6.07) is 7.87. The Morgan fingerprint density at radius 1 is 1.28 bits per heavy atom. The minimum absolute atomic E-state index is 0.168. The number of methoxy groups -OCH3 is 1. The van der Waals surface area contributed by atoms with E-state index in [9.17, 15) is 4.79 Å². The van der Waals surface area contributed by atoms with E-state index in [1.807, 2.05) is 24.3 Å². The van der Waals surface area contributed by atoms with E-state index in [2.05, 4.69) is 17.6 Å². The van der Waals surface area contributed by atoms with Gasteiger partial charge in [0.2, 0.25) is 5.91 Å². The molecule has 1 fully saturated rings. The maximum Gasteiger partial charge on any atom is 0.220 e. The van der Waals surface area contributed by atoms with E-state index in [0.29, 0.717) is 38.0 Å². The molecule has 1 aliphatic heterocycles. The molecule has 140 valence electrons. The highest BCUT2D eigenvalue weighted by Gasteiger charge is 2.21. The predicted octanol–water partition coefficient (Wildman–Crippen LogP) is 2.74. The van der Waals surface area contributed by atoms with Crippen LogP contribution in [0.5, 0.6) is 5.75 Å². The highest BCUT2D eigenvalue weighted by atomic mass is 16.5. The Morgan fingerprint density at radius 2 is 2.00 bits per heavy atom. The van der Waals surface area contributed by atoms with Crippen LogP contribution >= 0.6 is 0 Å². The molecule has 1 amide bonds. The molecule has 5 nitrogen and oxygen atoms in total. The minimum atomic E-state index is 0.168. The molecule has 5 heteroatoms. The number of benzene rings is 1. The summed E-state index contributed by atoms with van der Waals surface area (Å²) >= 11 is 0. The SMILES string of the molecule is COc1ccc(COCCCNC(=O)CC(C)C2CCNCC2)cc1. The first-order valence-corrected chi connectivity index (χ1v) is 9.37. The molecular weight excluding hydrogens is 316 g/mol. The molecule has 0 aromatic heterocycles. The van der Waals surface area contributed by atoms with Crippen LogP contribution < -0.4 is 15.4 Å². The van der Waals surface area contributed by atoms with Crippen LogP contribution in [0.15, 0.2) is 24.3 Å². The number of amides is 1. The van der Waals surface area contributed by atoms with Crippen molar-refractivity contribution in [3.8, 4) is 5.75 Å². The summed E-state index contributed by atoms with van der Waals surface area (Å²) in [4.78, 5) is 12.0. The lowest BCUT2D eigenvalue weighted by Gasteiger charge is -2.27. The van der Waals surface area contributed by atoms with Crippen LogP contribution in [-0.2, 0) is 16.1 Å². The molecule has 0 aliphatic carbocycles. The number of nitrogens with one attached hydrogen (secondary N) is 2. The van der Waals surface area contributed by atoms with E-state index in [0.717, 1.165) is 30.8 Å². The van der Waals surface area contributed by atoms with E-state index in [4.69, 9.17) is 9.47 Å². The van der Waals surface area contributed by atoms with Gasteiger partial charge in [-0.3, -0.25) is 4.79 Å². The van der Waals surface area contributed by atoms with Crippen molar-refractivity contribution < 1.29 is 14.3 Å². The van der Waals surface area contributed by atoms with Gasteiger partial charge in [0.25, 0.3) is 0 Å². The Hall–Kier alpha value is -1.59. The van der Waals surface area contributed by atoms with Crippen molar-refractivity contribution in [3.63, 3.8) is 0 Å². The van der Waals surface area contributed by atoms with Crippen molar-refractivity contribution in [2.75, 3.05) is 33.4 Å². The first kappa shape index (κ1) is 19.7. The van der Waals surface area contributed by atoms with Crippen molar-refractivity contribution in [3.05, 3.63) is 29.8 Å². The smallest absolute Gasteiger partial charge is 0.220 e. The van der Waals surface area contributed by atoms with Crippen LogP contribution in [0, 0.1) is 11.8 Å². The molecule has 1 heterocycles. The van der Waals surface area contributed by atoms with Gasteiger partial charge < -0.3 is 20.1 Å². The van der Waals surface area contributed by atoms with Gasteiger partial charge >= 0.3 is 0 Å². The van der Waals surface area contributed by atoms with Gasteiger partial charge in [-0.1, -0.05) is 19.1 Å². The van der Waals surface area contributed by atoms with Crippen LogP contribution in [0.2, 0.25) is 0 Å². The Kier molecular flexibility index (Phi) is 8.77. The molecule has 0 spiro atoms. The standard InChI is InChI=1S/C20H32N2O3/c1-16(18-8-11-21-12-9-18)14-20(23)22-10-3-13-25-15-17-4-6-19(24-2)7-5-17/h4-7,16,18,21H,3,8-15H2,1-2H3,(H,22,23). The molecular formula is C20H32N2O3. The fourth-order valence-electron chi connectivity index (χ4n) is 3.26. The lowest BCUT2D eigenvalue weighted by atomic mass is 9.84. The number of rotatable bonds is 10. The first-order valence-electron chi connectivity index (χ1n) is 9.37. The van der Waals surface area contributed by atoms with Gasteiger partial charge in [0, 0.05) is 19.6 Å². The number of ether oxygens (including phenoxy) is 2. The lowest BCUT2D eigenvalue weighted by Crippen LogP contribution is -2.33. The summed E-state index contributed by atoms with van der Waals surface area (Å²) in [5.41, 5.74) is 1.13. The molecule has 1 unspecified atom stereocenters. The molecule has 1 atom stereocenters. The predicted molar refractivity (Wildman–Crippen MR) is 99.7 cm³/mol. The van der Waals surface area contributed by atoms with Crippen LogP contribution in [0.4, 0.5) is 0 Å². The molecule has 25 heavy (non-hydrogen) atoms. The van der Waals surface area contributed by atoms with E-state index in [1.165, 1.54) is 12.8 Å². The minimum Gasteiger partial charge on any atom is -0.497 e. The zero-order valence-electron chi connectivity index (χ0n) is 15.6. The third kappa shape index (κ3) is 7.45. The molecule has 1 saturated heterocycles. The van der Waals surface area contributed by atoms with Gasteiger partial charge in [0.05, 0.1) is 13.7 Å². The topological polar surface area (TPSA) is 59.6 Å². The van der Waals surface area contributed by atoms with E-state index in [-0.39, 0.29) is 5.91 Å². The number of carbonyl (C=O) groups is 1. The molecule has 0 radical (unpaired) electrons. The number of carbonyl (C=O) groups excluding carboxylic acids is 1. The van der Waals surface area contributed by atoms with Crippen molar-refractivity contribution in [1.82, 2.24) is 10.6 Å². The van der Waals surface area contributed by atoms with Gasteiger partial charge in [0.15, 0.2) is 0 Å². The largest absolute Gasteiger partial charge is 0.497 e. The fourth-order valence-corrected chi connectivity index (χ4v) is 3.26. The van der Waals surface area contributed by atoms with Crippen LogP contribution in [0.3, 0.4) is 0 Å². The fraction of sp³-hybridized carbons (Fsp3) is 0.650. The van der Waals surface area contributed by atoms with Gasteiger partial charge in [0.1, 0.15) is 5.75 Å². The maximum absolute atomic E-state index is 12.0. The maximum atomic E-state index is 12.0. The normalized spacial score (nSPS) is 16.4. The summed E-state index contributed by atoms with van der Waals surface area (Å²) < 4.78 is 10.8. The van der Waals surface area contributed by atoms with E-state index >= 15 is 0 Å². The average molecular weight is 348 g/mol. The number of piperidine rings is 1. The highest BCUT2D eigenvalue weighted by molar-refractivity contribution is 5.76. The van der Waals surface area contributed by atoms with Crippen molar-refractivity contribution in [2.45, 2.75) is 39.2 Å². The summed E-state index contributed by atoms with van der Waals surface area (Å²) in [7, 11) is 1.66. The summed E-state index contributed by atoms with van der Waals surface area (Å²) in [6.07, 6.45) is 3.85. The van der Waals surface area contributed by atoms with Gasteiger partial charge in [-0.25, -0.2) is 0 Å². The molecule has 0 bridgehead atoms. The Balaban J connectivity index is 1.51. The van der Waals surface area contributed by atoms with Gasteiger partial charge in [-0.2, -0.15) is 0 Å². The monoisotopic (exact) mass is 348 g/mol. The molecule has 2 rings (SSSR count). The molecule has 1 aromatic rings. The molecule has 1 aromatic carbocycles. The second-order valence-corrected chi connectivity index (χ2v) is 6.87. The zero-order chi connectivity index (χ0) is 17.9. The van der Waals surface area contributed by atoms with Crippen LogP contribution in [-0.4, -0.2) is 39.3 Å². The Labute approximate surface area is 151 Å². The van der Waals surface area contributed by atoms with Crippen molar-refractivity contribution in [2.24, 2.45) is 11.8 Å². The summed E-state index contributed by atoms with van der Waals surface area (Å²) in [5.74, 6) is 2.17. The number of hydrogen-bond acceptors (Lipinski definition) is 4. The molecule has 1 aliphatic rings. The van der Waals surface area contributed by atoms with Crippen molar-refractivity contribution in [1.29, 1.82) is 0 Å². The third-order valence-electron chi connectivity index (χ3n) is 4.91. The van der Waals surface area contributed by atoms with Crippen LogP contribution in [0.1, 0.15) is 38.2 Å². The lowest BCUT2D eigenvalue weighted by molar-refractivity contribution is -0.122. The first-order chi connectivity index (χ1) is 12.2. The summed E-state index contributed by atoms with van der Waals surface area (Å²) in [6.45, 7) is 6.29. The number of hydrogen-bond donors (Lipinski definition) is 2. The van der Waals surface area contributed by atoms with Gasteiger partial charge in [-0.05, 0) is 61.9 Å². The quantitative estimate of drug-likeness (QED) is 0.638. The Morgan fingerprint density at radius 3 is 2.68 bits per heavy atom. The Bertz CT molecular complexity index is 498. The van der Waals surface area contributed by atoms with Crippen molar-refractivity contribution >= 4 is 5.91 Å². The average Bonchev–Trinajstić information content (AvgIpc) is 2.65. The van der Waals surface area contributed by atoms with E-state index < -0.39 is 0 Å². The second-order valence-electron chi connectivity index (χ2n) is 6.87. The molecule has 0 saturated carbocycles. The van der Waals surface area contributed by atoms with Gasteiger partial charge in [-0.15, -0.1) is 0 Å². The van der Waals surface area contributed by atoms with E-state index in [1.54, 1.807) is 7.11 Å². The molecule has 2 N–H and O–H groups in total.